The van der Waals surface area contributed by atoms with Gasteiger partial charge in [0.15, 0.2) is 5.75 Å². The van der Waals surface area contributed by atoms with Gasteiger partial charge in [-0.15, -0.1) is 0 Å². The predicted octanol–water partition coefficient (Wildman–Crippen LogP) is 1.38. The number of amides is 2. The van der Waals surface area contributed by atoms with E-state index in [0.29, 0.717) is 49.0 Å². The summed E-state index contributed by atoms with van der Waals surface area (Å²) in [6.07, 6.45) is 2.94. The highest BCUT2D eigenvalue weighted by atomic mass is 16.5. The number of carbonyl (C=O) groups is 2. The third-order valence-corrected chi connectivity index (χ3v) is 4.95. The van der Waals surface area contributed by atoms with E-state index in [1.807, 2.05) is 0 Å². The minimum absolute atomic E-state index is 0.00619. The second-order valence-electron chi connectivity index (χ2n) is 6.98. The molecule has 4 rings (SSSR count). The minimum Gasteiger partial charge on any atom is -0.494 e. The first kappa shape index (κ1) is 21.2. The van der Waals surface area contributed by atoms with Gasteiger partial charge in [0.1, 0.15) is 6.42 Å². The summed E-state index contributed by atoms with van der Waals surface area (Å²) in [4.78, 5) is 34.2. The van der Waals surface area contributed by atoms with Crippen LogP contribution in [0.4, 0.5) is 11.4 Å². The van der Waals surface area contributed by atoms with E-state index in [0.717, 1.165) is 0 Å². The van der Waals surface area contributed by atoms with Crippen LogP contribution in [0.3, 0.4) is 0 Å². The maximum atomic E-state index is 12.4. The van der Waals surface area contributed by atoms with E-state index in [-0.39, 0.29) is 29.6 Å². The summed E-state index contributed by atoms with van der Waals surface area (Å²) in [6.45, 7) is 2.13. The predicted molar refractivity (Wildman–Crippen MR) is 113 cm³/mol. The Morgan fingerprint density at radius 3 is 2.78 bits per heavy atom. The number of aromatic nitrogens is 3. The summed E-state index contributed by atoms with van der Waals surface area (Å²) >= 11 is 0. The number of anilines is 2. The first-order valence-electron chi connectivity index (χ1n) is 9.93. The summed E-state index contributed by atoms with van der Waals surface area (Å²) in [5.41, 5.74) is 7.28. The van der Waals surface area contributed by atoms with Gasteiger partial charge in [-0.05, 0) is 18.2 Å². The molecule has 1 aliphatic rings. The van der Waals surface area contributed by atoms with Crippen LogP contribution in [0, 0.1) is 0 Å². The van der Waals surface area contributed by atoms with Crippen LogP contribution in [-0.2, 0) is 16.0 Å². The monoisotopic (exact) mass is 438 g/mol. The van der Waals surface area contributed by atoms with Crippen molar-refractivity contribution in [2.75, 3.05) is 38.7 Å². The van der Waals surface area contributed by atoms with Crippen LogP contribution >= 0.6 is 0 Å². The molecule has 1 saturated heterocycles. The van der Waals surface area contributed by atoms with Crippen molar-refractivity contribution in [3.05, 3.63) is 48.1 Å². The molecule has 0 atom stereocenters. The van der Waals surface area contributed by atoms with Crippen LogP contribution in [0.25, 0.3) is 11.4 Å². The average Bonchev–Trinajstić information content (AvgIpc) is 3.28. The summed E-state index contributed by atoms with van der Waals surface area (Å²) in [6, 6.07) is 6.95. The third kappa shape index (κ3) is 4.52. The topological polar surface area (TPSA) is 146 Å². The van der Waals surface area contributed by atoms with E-state index in [2.05, 4.69) is 20.4 Å². The third-order valence-electron chi connectivity index (χ3n) is 4.95. The molecular weight excluding hydrogens is 416 g/mol. The fraction of sp³-hybridized carbons (Fsp3) is 0.286. The van der Waals surface area contributed by atoms with E-state index < -0.39 is 5.91 Å². The standard InChI is InChI=1S/C21H22N6O5/c1-30-19-13(3-2-4-16(19)24-15-5-6-23-12-14(15)20(22)29)21-25-17(32-26-21)11-18(28)27-7-9-31-10-8-27/h2-6,12H,7-11H2,1H3,(H2,22,29)(H,23,24). The van der Waals surface area contributed by atoms with Crippen LogP contribution in [0.5, 0.6) is 5.75 Å². The minimum atomic E-state index is -0.608. The lowest BCUT2D eigenvalue weighted by Crippen LogP contribution is -2.41. The molecule has 0 aliphatic carbocycles. The number of nitrogens with one attached hydrogen (secondary N) is 1. The second-order valence-corrected chi connectivity index (χ2v) is 6.98. The Balaban J connectivity index is 1.57. The van der Waals surface area contributed by atoms with Crippen molar-refractivity contribution in [2.45, 2.75) is 6.42 Å². The van der Waals surface area contributed by atoms with Crippen LogP contribution < -0.4 is 15.8 Å². The molecule has 0 radical (unpaired) electrons. The summed E-state index contributed by atoms with van der Waals surface area (Å²) in [7, 11) is 1.51. The van der Waals surface area contributed by atoms with Gasteiger partial charge in [-0.2, -0.15) is 4.98 Å². The number of para-hydroxylation sites is 1. The number of hydrogen-bond donors (Lipinski definition) is 2. The molecule has 32 heavy (non-hydrogen) atoms. The molecule has 3 heterocycles. The number of hydrogen-bond acceptors (Lipinski definition) is 9. The highest BCUT2D eigenvalue weighted by Crippen LogP contribution is 2.37. The van der Waals surface area contributed by atoms with Crippen molar-refractivity contribution in [2.24, 2.45) is 5.73 Å². The normalized spacial score (nSPS) is 13.6. The number of carbonyl (C=O) groups excluding carboxylic acids is 2. The van der Waals surface area contributed by atoms with Crippen molar-refractivity contribution in [3.63, 3.8) is 0 Å². The number of rotatable bonds is 7. The molecule has 1 aliphatic heterocycles. The lowest BCUT2D eigenvalue weighted by atomic mass is 10.1. The summed E-state index contributed by atoms with van der Waals surface area (Å²) in [5.74, 6) is 0.222. The van der Waals surface area contributed by atoms with Gasteiger partial charge in [-0.25, -0.2) is 0 Å². The average molecular weight is 438 g/mol. The van der Waals surface area contributed by atoms with E-state index in [1.165, 1.54) is 13.3 Å². The Hall–Kier alpha value is -3.99. The van der Waals surface area contributed by atoms with Gasteiger partial charge in [0.25, 0.3) is 5.91 Å². The van der Waals surface area contributed by atoms with Gasteiger partial charge in [-0.1, -0.05) is 11.2 Å². The molecule has 11 heteroatoms. The van der Waals surface area contributed by atoms with Gasteiger partial charge < -0.3 is 29.9 Å². The molecule has 0 saturated carbocycles. The molecule has 0 unspecified atom stereocenters. The zero-order valence-corrected chi connectivity index (χ0v) is 17.4. The summed E-state index contributed by atoms with van der Waals surface area (Å²) in [5, 5.41) is 7.15. The molecule has 3 aromatic rings. The first-order chi connectivity index (χ1) is 15.6. The molecule has 3 N–H and O–H groups in total. The number of nitrogens with two attached hydrogens (primary N) is 1. The lowest BCUT2D eigenvalue weighted by Gasteiger charge is -2.26. The molecule has 1 fully saturated rings. The van der Waals surface area contributed by atoms with Crippen molar-refractivity contribution in [1.82, 2.24) is 20.0 Å². The molecule has 166 valence electrons. The maximum absolute atomic E-state index is 12.4. The first-order valence-corrected chi connectivity index (χ1v) is 9.93. The van der Waals surface area contributed by atoms with Crippen molar-refractivity contribution < 1.29 is 23.6 Å². The number of ether oxygens (including phenoxy) is 2. The summed E-state index contributed by atoms with van der Waals surface area (Å²) < 4.78 is 16.2. The Kier molecular flexibility index (Phi) is 6.26. The number of nitrogens with zero attached hydrogens (tertiary/aromatic N) is 4. The van der Waals surface area contributed by atoms with Crippen molar-refractivity contribution >= 4 is 23.2 Å². The molecule has 2 amide bonds. The fourth-order valence-corrected chi connectivity index (χ4v) is 3.37. The second kappa shape index (κ2) is 9.43. The van der Waals surface area contributed by atoms with Crippen LogP contribution in [-0.4, -0.2) is 65.3 Å². The number of benzene rings is 1. The maximum Gasteiger partial charge on any atom is 0.252 e. The van der Waals surface area contributed by atoms with Crippen molar-refractivity contribution in [1.29, 1.82) is 0 Å². The number of pyridine rings is 1. The molecule has 0 spiro atoms. The number of morpholine rings is 1. The quantitative estimate of drug-likeness (QED) is 0.558. The molecule has 2 aromatic heterocycles. The fourth-order valence-electron chi connectivity index (χ4n) is 3.37. The Morgan fingerprint density at radius 1 is 1.22 bits per heavy atom. The van der Waals surface area contributed by atoms with Crippen LogP contribution in [0.1, 0.15) is 16.2 Å². The highest BCUT2D eigenvalue weighted by Gasteiger charge is 2.22. The number of methoxy groups -OCH3 is 1. The van der Waals surface area contributed by atoms with Crippen molar-refractivity contribution in [3.8, 4) is 17.1 Å². The zero-order chi connectivity index (χ0) is 22.5. The van der Waals surface area contributed by atoms with Gasteiger partial charge in [0, 0.05) is 25.5 Å². The van der Waals surface area contributed by atoms with Gasteiger partial charge >= 0.3 is 0 Å². The number of primary amides is 1. The van der Waals surface area contributed by atoms with Crippen LogP contribution in [0.2, 0.25) is 0 Å². The lowest BCUT2D eigenvalue weighted by molar-refractivity contribution is -0.134. The molecule has 1 aromatic carbocycles. The highest BCUT2D eigenvalue weighted by molar-refractivity contribution is 5.99. The zero-order valence-electron chi connectivity index (χ0n) is 17.4. The van der Waals surface area contributed by atoms with E-state index in [9.17, 15) is 9.59 Å². The largest absolute Gasteiger partial charge is 0.494 e. The smallest absolute Gasteiger partial charge is 0.252 e. The Bertz CT molecular complexity index is 1130. The van der Waals surface area contributed by atoms with Gasteiger partial charge in [0.05, 0.1) is 42.8 Å². The van der Waals surface area contributed by atoms with Gasteiger partial charge in [-0.3, -0.25) is 14.6 Å². The molecule has 0 bridgehead atoms. The van der Waals surface area contributed by atoms with E-state index in [4.69, 9.17) is 19.7 Å². The molecular formula is C21H22N6O5. The molecule has 11 nitrogen and oxygen atoms in total. The van der Waals surface area contributed by atoms with Crippen LogP contribution in [0.15, 0.2) is 41.2 Å². The van der Waals surface area contributed by atoms with E-state index >= 15 is 0 Å². The Morgan fingerprint density at radius 2 is 2.03 bits per heavy atom. The van der Waals surface area contributed by atoms with E-state index in [1.54, 1.807) is 35.4 Å². The van der Waals surface area contributed by atoms with Gasteiger partial charge in [0.2, 0.25) is 17.6 Å². The SMILES string of the molecule is COc1c(Nc2ccncc2C(N)=O)cccc1-c1noc(CC(=O)N2CCOCC2)n1. The Labute approximate surface area is 183 Å².